The lowest BCUT2D eigenvalue weighted by Crippen LogP contribution is -2.19. The number of carboxylic acid groups (broad SMARTS) is 1. The Labute approximate surface area is 303 Å². The number of benzene rings is 2. The van der Waals surface area contributed by atoms with E-state index in [2.05, 4.69) is 71.9 Å². The lowest BCUT2D eigenvalue weighted by molar-refractivity contribution is -0.129. The van der Waals surface area contributed by atoms with Crippen LogP contribution in [0.15, 0.2) is 83.0 Å². The first kappa shape index (κ1) is 45.8. The Morgan fingerprint density at radius 1 is 0.900 bits per heavy atom. The highest BCUT2D eigenvalue weighted by atomic mass is 16.5. The minimum absolute atomic E-state index is 0.107. The summed E-state index contributed by atoms with van der Waals surface area (Å²) in [6, 6.07) is 8.20. The summed E-state index contributed by atoms with van der Waals surface area (Å²) < 4.78 is 12.1. The van der Waals surface area contributed by atoms with Crippen LogP contribution in [0.25, 0.3) is 0 Å². The molecule has 0 saturated heterocycles. The van der Waals surface area contributed by atoms with Gasteiger partial charge in [0.1, 0.15) is 17.2 Å². The molecule has 3 N–H and O–H groups in total. The molecule has 50 heavy (non-hydrogen) atoms. The first-order chi connectivity index (χ1) is 23.6. The smallest absolute Gasteiger partial charge is 0.336 e. The molecule has 1 unspecified atom stereocenters. The third-order valence-corrected chi connectivity index (χ3v) is 8.05. The predicted molar refractivity (Wildman–Crippen MR) is 212 cm³/mol. The van der Waals surface area contributed by atoms with Gasteiger partial charge in [-0.05, 0) is 138 Å². The Morgan fingerprint density at radius 3 is 1.92 bits per heavy atom. The van der Waals surface area contributed by atoms with Gasteiger partial charge in [-0.1, -0.05) is 95.2 Å². The SMILES string of the molecule is CC.CC.CC1=C(/C=C/C(C)=C/C=C/C(C)=C/C(=O)Oc2c(C)cc(Oc3c(C)cc(CC(C)N)cc3C)cc2C)C(C)(C)CCC1.O=CO. The third kappa shape index (κ3) is 15.6. The molecule has 6 nitrogen and oxygen atoms in total. The molecule has 3 rings (SSSR count). The Bertz CT molecular complexity index is 1500. The summed E-state index contributed by atoms with van der Waals surface area (Å²) in [4.78, 5) is 21.1. The highest BCUT2D eigenvalue weighted by molar-refractivity contribution is 5.85. The average molecular weight is 688 g/mol. The maximum atomic E-state index is 12.8. The Morgan fingerprint density at radius 2 is 1.42 bits per heavy atom. The third-order valence-electron chi connectivity index (χ3n) is 8.05. The standard InChI is InChI=1S/C39H51NO3.2C2H6.CH2O2/c1-25(16-17-35-27(3)15-12-18-39(35,9)10)13-11-14-26(2)19-36(41)43-38-30(6)22-34(23-31(38)7)42-37-28(4)20-33(21-29(37)5)24-32(8)40;2*1-2;2-1-3/h11,13-14,16-17,19-23,32H,12,15,18,24,40H2,1-10H3;2*1-2H3;1H,(H,2,3)/b14-11+,17-16+,25-13+,26-19+;;;. The van der Waals surface area contributed by atoms with Crippen molar-refractivity contribution in [2.75, 3.05) is 0 Å². The number of hydrogen-bond donors (Lipinski definition) is 2. The molecule has 2 aromatic rings. The van der Waals surface area contributed by atoms with Crippen LogP contribution in [0.2, 0.25) is 0 Å². The van der Waals surface area contributed by atoms with Gasteiger partial charge >= 0.3 is 5.97 Å². The number of carbonyl (C=O) groups excluding carboxylic acids is 1. The Kier molecular flexibility index (Phi) is 21.3. The van der Waals surface area contributed by atoms with Crippen LogP contribution in [0, 0.1) is 33.1 Å². The number of aryl methyl sites for hydroxylation is 4. The molecule has 276 valence electrons. The highest BCUT2D eigenvalue weighted by Gasteiger charge is 2.26. The van der Waals surface area contributed by atoms with Gasteiger partial charge in [0.25, 0.3) is 6.47 Å². The Balaban J connectivity index is 0.00000319. The monoisotopic (exact) mass is 687 g/mol. The maximum Gasteiger partial charge on any atom is 0.336 e. The van der Waals surface area contributed by atoms with Crippen molar-refractivity contribution in [3.05, 3.63) is 111 Å². The fourth-order valence-corrected chi connectivity index (χ4v) is 5.94. The van der Waals surface area contributed by atoms with E-state index in [1.165, 1.54) is 42.0 Å². The molecule has 0 radical (unpaired) electrons. The van der Waals surface area contributed by atoms with E-state index in [9.17, 15) is 4.79 Å². The van der Waals surface area contributed by atoms with Crippen LogP contribution in [-0.2, 0) is 16.0 Å². The first-order valence-electron chi connectivity index (χ1n) is 17.9. The molecule has 0 saturated carbocycles. The molecule has 0 heterocycles. The van der Waals surface area contributed by atoms with E-state index in [-0.39, 0.29) is 17.9 Å². The number of allylic oxidation sites excluding steroid dienone is 9. The van der Waals surface area contributed by atoms with Crippen molar-refractivity contribution < 1.29 is 24.2 Å². The molecule has 2 aromatic carbocycles. The number of hydrogen-bond acceptors (Lipinski definition) is 5. The fourth-order valence-electron chi connectivity index (χ4n) is 5.94. The van der Waals surface area contributed by atoms with Gasteiger partial charge in [0.05, 0.1) is 0 Å². The second-order valence-electron chi connectivity index (χ2n) is 13.2. The van der Waals surface area contributed by atoms with E-state index in [1.54, 1.807) is 0 Å². The minimum atomic E-state index is -0.402. The predicted octanol–water partition coefficient (Wildman–Crippen LogP) is 11.8. The van der Waals surface area contributed by atoms with Crippen molar-refractivity contribution in [2.24, 2.45) is 11.1 Å². The minimum Gasteiger partial charge on any atom is -0.483 e. The fraction of sp³-hybridized carbons (Fsp3) is 0.455. The molecule has 1 aliphatic rings. The van der Waals surface area contributed by atoms with Gasteiger partial charge in [-0.15, -0.1) is 0 Å². The number of carbonyl (C=O) groups is 2. The van der Waals surface area contributed by atoms with E-state index < -0.39 is 5.97 Å². The highest BCUT2D eigenvalue weighted by Crippen LogP contribution is 2.41. The quantitative estimate of drug-likeness (QED) is 0.0848. The lowest BCUT2D eigenvalue weighted by Gasteiger charge is -2.32. The van der Waals surface area contributed by atoms with Crippen LogP contribution in [-0.4, -0.2) is 23.6 Å². The zero-order valence-corrected chi connectivity index (χ0v) is 33.4. The van der Waals surface area contributed by atoms with Gasteiger partial charge < -0.3 is 20.3 Å². The van der Waals surface area contributed by atoms with Crippen LogP contribution < -0.4 is 15.2 Å². The van der Waals surface area contributed by atoms with Crippen molar-refractivity contribution in [1.82, 2.24) is 0 Å². The van der Waals surface area contributed by atoms with Gasteiger partial charge in [-0.25, -0.2) is 4.79 Å². The van der Waals surface area contributed by atoms with Gasteiger partial charge in [0, 0.05) is 12.1 Å². The topological polar surface area (TPSA) is 98.9 Å². The lowest BCUT2D eigenvalue weighted by atomic mass is 9.72. The molecule has 0 aromatic heterocycles. The largest absolute Gasteiger partial charge is 0.483 e. The van der Waals surface area contributed by atoms with Crippen molar-refractivity contribution in [3.8, 4) is 17.2 Å². The summed E-state index contributed by atoms with van der Waals surface area (Å²) >= 11 is 0. The molecule has 0 fully saturated rings. The molecule has 0 spiro atoms. The van der Waals surface area contributed by atoms with Gasteiger partial charge in [0.15, 0.2) is 0 Å². The van der Waals surface area contributed by atoms with E-state index >= 15 is 0 Å². The zero-order valence-electron chi connectivity index (χ0n) is 33.4. The first-order valence-corrected chi connectivity index (χ1v) is 17.9. The van der Waals surface area contributed by atoms with E-state index in [0.717, 1.165) is 45.6 Å². The van der Waals surface area contributed by atoms with Crippen molar-refractivity contribution >= 4 is 12.4 Å². The van der Waals surface area contributed by atoms with Crippen molar-refractivity contribution in [3.63, 3.8) is 0 Å². The normalized spacial score (nSPS) is 14.9. The molecule has 0 aliphatic heterocycles. The van der Waals surface area contributed by atoms with Gasteiger partial charge in [0.2, 0.25) is 0 Å². The summed E-state index contributed by atoms with van der Waals surface area (Å²) in [5.74, 6) is 1.71. The van der Waals surface area contributed by atoms with Crippen LogP contribution in [0.3, 0.4) is 0 Å². The molecular formula is C44H65NO5. The average Bonchev–Trinajstić information content (AvgIpc) is 3.02. The van der Waals surface area contributed by atoms with Crippen molar-refractivity contribution in [2.45, 2.75) is 129 Å². The number of rotatable bonds is 10. The number of ether oxygens (including phenoxy) is 2. The summed E-state index contributed by atoms with van der Waals surface area (Å²) in [5, 5.41) is 6.89. The van der Waals surface area contributed by atoms with Crippen molar-refractivity contribution in [1.29, 1.82) is 0 Å². The molecule has 6 heteroatoms. The number of esters is 1. The molecule has 0 bridgehead atoms. The summed E-state index contributed by atoms with van der Waals surface area (Å²) in [5.41, 5.74) is 16.2. The molecule has 1 atom stereocenters. The second-order valence-corrected chi connectivity index (χ2v) is 13.2. The zero-order chi connectivity index (χ0) is 38.6. The summed E-state index contributed by atoms with van der Waals surface area (Å²) in [6.45, 7) is 28.6. The summed E-state index contributed by atoms with van der Waals surface area (Å²) in [6.07, 6.45) is 16.5. The van der Waals surface area contributed by atoms with Crippen LogP contribution in [0.4, 0.5) is 0 Å². The Hall–Kier alpha value is -4.16. The molecular weight excluding hydrogens is 622 g/mol. The molecule has 0 amide bonds. The van der Waals surface area contributed by atoms with E-state index in [1.807, 2.05) is 79.7 Å². The molecule has 1 aliphatic carbocycles. The van der Waals surface area contributed by atoms with Gasteiger partial charge in [-0.2, -0.15) is 0 Å². The van der Waals surface area contributed by atoms with E-state index in [0.29, 0.717) is 11.5 Å². The van der Waals surface area contributed by atoms with E-state index in [4.69, 9.17) is 25.1 Å². The van der Waals surface area contributed by atoms with Crippen LogP contribution in [0.5, 0.6) is 17.2 Å². The van der Waals surface area contributed by atoms with Crippen LogP contribution in [0.1, 0.15) is 116 Å². The van der Waals surface area contributed by atoms with Gasteiger partial charge in [-0.3, -0.25) is 4.79 Å². The number of nitrogens with two attached hydrogens (primary N) is 1. The van der Waals surface area contributed by atoms with Crippen LogP contribution >= 0.6 is 0 Å². The summed E-state index contributed by atoms with van der Waals surface area (Å²) in [7, 11) is 0. The second kappa shape index (κ2) is 23.3. The maximum absolute atomic E-state index is 12.8.